The summed E-state index contributed by atoms with van der Waals surface area (Å²) >= 11 is 0. The largest absolute Gasteiger partial charge is 0.453 e. The molecule has 0 saturated carbocycles. The number of benzene rings is 2. The van der Waals surface area contributed by atoms with E-state index >= 15 is 0 Å². The van der Waals surface area contributed by atoms with E-state index in [1.54, 1.807) is 34.3 Å². The first-order chi connectivity index (χ1) is 28.4. The van der Waals surface area contributed by atoms with Crippen LogP contribution in [-0.4, -0.2) is 103 Å². The molecule has 17 heteroatoms. The number of likely N-dealkylation sites (tertiary alicyclic amines) is 2. The van der Waals surface area contributed by atoms with Crippen molar-refractivity contribution >= 4 is 34.9 Å². The predicted molar refractivity (Wildman–Crippen MR) is 219 cm³/mol. The highest BCUT2D eigenvalue weighted by atomic mass is 16.5. The van der Waals surface area contributed by atoms with Crippen LogP contribution in [0.5, 0.6) is 0 Å². The summed E-state index contributed by atoms with van der Waals surface area (Å²) < 4.78 is 9.49. The van der Waals surface area contributed by atoms with Crippen LogP contribution in [0.1, 0.15) is 77.1 Å². The third-order valence-corrected chi connectivity index (χ3v) is 11.2. The number of alkyl carbamates (subject to hydrolysis) is 2. The Balaban J connectivity index is 1.05. The monoisotopic (exact) mass is 806 g/mol. The third kappa shape index (κ3) is 8.40. The lowest BCUT2D eigenvalue weighted by Crippen LogP contribution is -2.51. The topological polar surface area (TPSA) is 220 Å². The second-order valence-corrected chi connectivity index (χ2v) is 15.7. The number of aromatic amines is 3. The van der Waals surface area contributed by atoms with Crippen LogP contribution < -0.4 is 16.2 Å². The second kappa shape index (κ2) is 17.1. The highest BCUT2D eigenvalue weighted by molar-refractivity contribution is 5.88. The van der Waals surface area contributed by atoms with Crippen molar-refractivity contribution in [2.24, 2.45) is 11.8 Å². The summed E-state index contributed by atoms with van der Waals surface area (Å²) in [5.74, 6) is 1.08. The van der Waals surface area contributed by atoms with E-state index in [1.165, 1.54) is 14.2 Å². The molecule has 310 valence electrons. The molecule has 4 amide bonds. The summed E-state index contributed by atoms with van der Waals surface area (Å²) in [5, 5.41) is 5.76. The second-order valence-electron chi connectivity index (χ2n) is 15.7. The van der Waals surface area contributed by atoms with Gasteiger partial charge in [0.25, 0.3) is 5.56 Å². The third-order valence-electron chi connectivity index (χ3n) is 11.2. The molecule has 0 radical (unpaired) electrons. The Morgan fingerprint density at radius 1 is 0.695 bits per heavy atom. The van der Waals surface area contributed by atoms with Crippen molar-refractivity contribution < 1.29 is 28.7 Å². The number of hydrogen-bond donors (Lipinski definition) is 5. The highest BCUT2D eigenvalue weighted by Crippen LogP contribution is 2.35. The molecule has 2 saturated heterocycles. The highest BCUT2D eigenvalue weighted by Gasteiger charge is 2.39. The van der Waals surface area contributed by atoms with Crippen molar-refractivity contribution in [2.75, 3.05) is 27.3 Å². The number of nitrogens with one attached hydrogen (secondary N) is 5. The summed E-state index contributed by atoms with van der Waals surface area (Å²) in [6, 6.07) is 11.0. The van der Waals surface area contributed by atoms with Gasteiger partial charge in [-0.2, -0.15) is 0 Å². The van der Waals surface area contributed by atoms with E-state index in [-0.39, 0.29) is 41.3 Å². The van der Waals surface area contributed by atoms with Crippen LogP contribution in [0.15, 0.2) is 59.7 Å². The minimum Gasteiger partial charge on any atom is -0.453 e. The molecule has 59 heavy (non-hydrogen) atoms. The van der Waals surface area contributed by atoms with Crippen molar-refractivity contribution in [1.29, 1.82) is 0 Å². The van der Waals surface area contributed by atoms with Crippen LogP contribution in [0.25, 0.3) is 44.8 Å². The number of H-pyrrole nitrogens is 3. The Morgan fingerprint density at radius 3 is 1.66 bits per heavy atom. The average molecular weight is 807 g/mol. The van der Waals surface area contributed by atoms with Crippen molar-refractivity contribution in [3.05, 3.63) is 76.9 Å². The normalized spacial score (nSPS) is 17.7. The number of hydrogen-bond acceptors (Lipinski definition) is 10. The molecule has 2 fully saturated rings. The minimum atomic E-state index is -0.735. The van der Waals surface area contributed by atoms with Gasteiger partial charge in [0.05, 0.1) is 61.0 Å². The summed E-state index contributed by atoms with van der Waals surface area (Å²) in [6.07, 6.45) is 5.20. The Kier molecular flexibility index (Phi) is 11.8. The van der Waals surface area contributed by atoms with Crippen molar-refractivity contribution in [2.45, 2.75) is 77.5 Å². The number of rotatable bonds is 11. The number of carbonyl (C=O) groups excluding carboxylic acids is 4. The minimum absolute atomic E-state index is 0.132. The van der Waals surface area contributed by atoms with Gasteiger partial charge in [-0.3, -0.25) is 14.4 Å². The lowest BCUT2D eigenvalue weighted by Gasteiger charge is -2.30. The fourth-order valence-electron chi connectivity index (χ4n) is 7.94. The molecular weight excluding hydrogens is 757 g/mol. The number of methoxy groups -OCH3 is 2. The molecule has 5 heterocycles. The standard InChI is InChI=1S/C42H50N10O7/c1-22(2)33(48-41(56)58-5)39(54)51-17-7-9-31(51)36-43-20-29(46-36)24-11-13-25(14-12-24)35-45-28-16-15-26(19-27(28)38(53)50-35)30-21-44-37(47-30)32-10-8-18-52(32)40(55)34(23(3)4)49-42(57)59-6/h11-16,19-23,31-34H,7-10,17-18H2,1-6H3,(H,43,46)(H,44,47)(H,48,56)(H,49,57)(H,45,50,53)/t31-,32-,33-,34-/m0/s1. The molecule has 5 aromatic rings. The van der Waals surface area contributed by atoms with Crippen molar-refractivity contribution in [3.8, 4) is 33.9 Å². The maximum absolute atomic E-state index is 13.6. The van der Waals surface area contributed by atoms with Gasteiger partial charge in [0.2, 0.25) is 11.8 Å². The van der Waals surface area contributed by atoms with Crippen LogP contribution in [0.2, 0.25) is 0 Å². The maximum Gasteiger partial charge on any atom is 0.407 e. The smallest absolute Gasteiger partial charge is 0.407 e. The van der Waals surface area contributed by atoms with Crippen molar-refractivity contribution in [1.82, 2.24) is 50.3 Å². The quantitative estimate of drug-likeness (QED) is 0.113. The number of ether oxygens (including phenoxy) is 2. The van der Waals surface area contributed by atoms with E-state index in [9.17, 15) is 24.0 Å². The molecule has 0 aliphatic carbocycles. The van der Waals surface area contributed by atoms with Crippen LogP contribution in [0.4, 0.5) is 9.59 Å². The first kappa shape index (κ1) is 40.7. The van der Waals surface area contributed by atoms with Gasteiger partial charge in [-0.05, 0) is 55.2 Å². The van der Waals surface area contributed by atoms with Gasteiger partial charge in [-0.25, -0.2) is 24.5 Å². The first-order valence-corrected chi connectivity index (χ1v) is 19.9. The van der Waals surface area contributed by atoms with E-state index in [1.807, 2.05) is 58.0 Å². The van der Waals surface area contributed by atoms with E-state index in [0.717, 1.165) is 48.1 Å². The number of fused-ring (bicyclic) bond motifs is 1. The molecule has 2 aliphatic rings. The molecule has 17 nitrogen and oxygen atoms in total. The Hall–Kier alpha value is -6.52. The van der Waals surface area contributed by atoms with Crippen LogP contribution in [0.3, 0.4) is 0 Å². The molecule has 7 rings (SSSR count). The van der Waals surface area contributed by atoms with E-state index in [0.29, 0.717) is 47.2 Å². The molecule has 3 aromatic heterocycles. The number of imidazole rings is 2. The molecule has 0 spiro atoms. The molecule has 4 atom stereocenters. The fraction of sp³-hybridized carbons (Fsp3) is 0.429. The van der Waals surface area contributed by atoms with Crippen molar-refractivity contribution in [3.63, 3.8) is 0 Å². The molecular formula is C42H50N10O7. The van der Waals surface area contributed by atoms with Gasteiger partial charge in [0.15, 0.2) is 0 Å². The SMILES string of the molecule is COC(=O)N[C@H](C(=O)N1CCC[C@H]1c1ncc(-c2ccc(-c3nc4ccc(-c5cnc([C@@H]6CCCN6C(=O)[C@@H](NC(=O)OC)C(C)C)[nH]5)cc4c(=O)[nH]3)cc2)[nH]1)C(C)C. The summed E-state index contributed by atoms with van der Waals surface area (Å²) in [6.45, 7) is 8.61. The fourth-order valence-corrected chi connectivity index (χ4v) is 7.94. The van der Waals surface area contributed by atoms with Gasteiger partial charge < -0.3 is 44.9 Å². The number of amides is 4. The molecule has 0 unspecified atom stereocenters. The predicted octanol–water partition coefficient (Wildman–Crippen LogP) is 5.46. The van der Waals surface area contributed by atoms with Gasteiger partial charge in [0, 0.05) is 24.2 Å². The first-order valence-electron chi connectivity index (χ1n) is 19.9. The van der Waals surface area contributed by atoms with Crippen LogP contribution >= 0.6 is 0 Å². The Morgan fingerprint density at radius 2 is 1.17 bits per heavy atom. The molecule has 0 bridgehead atoms. The zero-order valence-corrected chi connectivity index (χ0v) is 34.0. The molecule has 2 aromatic carbocycles. The zero-order valence-electron chi connectivity index (χ0n) is 34.0. The average Bonchev–Trinajstić information content (AvgIpc) is 4.08. The van der Waals surface area contributed by atoms with Gasteiger partial charge in [-0.1, -0.05) is 58.0 Å². The number of carbonyl (C=O) groups is 4. The summed E-state index contributed by atoms with van der Waals surface area (Å²) in [7, 11) is 2.54. The Labute approximate surface area is 340 Å². The number of nitrogens with zero attached hydrogens (tertiary/aromatic N) is 5. The zero-order chi connectivity index (χ0) is 42.0. The van der Waals surface area contributed by atoms with E-state index in [4.69, 9.17) is 14.5 Å². The van der Waals surface area contributed by atoms with Crippen LogP contribution in [-0.2, 0) is 19.1 Å². The number of aromatic nitrogens is 6. The molecule has 5 N–H and O–H groups in total. The van der Waals surface area contributed by atoms with Crippen LogP contribution in [0, 0.1) is 11.8 Å². The van der Waals surface area contributed by atoms with E-state index < -0.39 is 24.3 Å². The van der Waals surface area contributed by atoms with Gasteiger partial charge >= 0.3 is 12.2 Å². The van der Waals surface area contributed by atoms with E-state index in [2.05, 4.69) is 35.6 Å². The van der Waals surface area contributed by atoms with Gasteiger partial charge in [0.1, 0.15) is 29.6 Å². The summed E-state index contributed by atoms with van der Waals surface area (Å²) in [5.41, 5.74) is 4.02. The lowest BCUT2D eigenvalue weighted by molar-refractivity contribution is -0.136. The Bertz CT molecular complexity index is 2400. The maximum atomic E-state index is 13.6. The van der Waals surface area contributed by atoms with Gasteiger partial charge in [-0.15, -0.1) is 0 Å². The molecule has 2 aliphatic heterocycles. The lowest BCUT2D eigenvalue weighted by atomic mass is 10.0. The summed E-state index contributed by atoms with van der Waals surface area (Å²) in [4.78, 5) is 91.8.